The van der Waals surface area contributed by atoms with Crippen molar-refractivity contribution in [2.45, 2.75) is 25.9 Å². The molecule has 1 aromatic rings. The van der Waals surface area contributed by atoms with E-state index in [4.69, 9.17) is 0 Å². The molecular formula is C14H21N5O2. The molecule has 1 unspecified atom stereocenters. The summed E-state index contributed by atoms with van der Waals surface area (Å²) in [4.78, 5) is 27.8. The summed E-state index contributed by atoms with van der Waals surface area (Å²) in [6, 6.07) is 2.09. The van der Waals surface area contributed by atoms with Gasteiger partial charge < -0.3 is 15.1 Å². The van der Waals surface area contributed by atoms with Crippen LogP contribution >= 0.6 is 0 Å². The molecule has 2 fully saturated rings. The number of hydrogen-bond donors (Lipinski definition) is 1. The van der Waals surface area contributed by atoms with E-state index in [2.05, 4.69) is 10.4 Å². The maximum absolute atomic E-state index is 12.3. The van der Waals surface area contributed by atoms with E-state index in [9.17, 15) is 9.59 Å². The number of fused-ring (bicyclic) bond motifs is 1. The minimum Gasteiger partial charge on any atom is -0.327 e. The molecule has 0 aliphatic carbocycles. The van der Waals surface area contributed by atoms with Crippen LogP contribution in [0.4, 0.5) is 0 Å². The highest BCUT2D eigenvalue weighted by molar-refractivity contribution is 6.35. The number of amides is 2. The van der Waals surface area contributed by atoms with Crippen LogP contribution in [0.1, 0.15) is 18.3 Å². The molecule has 0 bridgehead atoms. The van der Waals surface area contributed by atoms with Gasteiger partial charge in [0.2, 0.25) is 0 Å². The quantitative estimate of drug-likeness (QED) is 0.735. The van der Waals surface area contributed by atoms with Crippen molar-refractivity contribution in [1.29, 1.82) is 0 Å². The molecule has 7 heteroatoms. The predicted molar refractivity (Wildman–Crippen MR) is 76.4 cm³/mol. The maximum Gasteiger partial charge on any atom is 0.312 e. The number of rotatable bonds is 3. The van der Waals surface area contributed by atoms with E-state index in [-0.39, 0.29) is 11.9 Å². The molecule has 2 aliphatic heterocycles. The summed E-state index contributed by atoms with van der Waals surface area (Å²) in [6.45, 7) is 5.21. The van der Waals surface area contributed by atoms with Gasteiger partial charge in [0.25, 0.3) is 0 Å². The molecule has 2 saturated heterocycles. The number of hydrogen-bond acceptors (Lipinski definition) is 4. The summed E-state index contributed by atoms with van der Waals surface area (Å²) < 4.78 is 1.79. The predicted octanol–water partition coefficient (Wildman–Crippen LogP) is -0.875. The van der Waals surface area contributed by atoms with Crippen LogP contribution in [0, 0.1) is 0 Å². The standard InChI is InChI=1S/C14H21N5O2/c1-3-10-6-11(17(2)16-10)8-18-9-12-7-15-4-5-19(12)14(21)13(18)20/h6,12,15H,3-5,7-9H2,1-2H3. The Morgan fingerprint density at radius 3 is 2.90 bits per heavy atom. The zero-order valence-corrected chi connectivity index (χ0v) is 12.5. The molecule has 7 nitrogen and oxygen atoms in total. The first-order valence-corrected chi connectivity index (χ1v) is 7.42. The van der Waals surface area contributed by atoms with E-state index in [1.165, 1.54) is 0 Å². The zero-order valence-electron chi connectivity index (χ0n) is 12.5. The van der Waals surface area contributed by atoms with E-state index in [0.717, 1.165) is 30.9 Å². The first-order valence-electron chi connectivity index (χ1n) is 7.42. The largest absolute Gasteiger partial charge is 0.327 e. The molecule has 114 valence electrons. The highest BCUT2D eigenvalue weighted by atomic mass is 16.2. The van der Waals surface area contributed by atoms with Gasteiger partial charge in [0.1, 0.15) is 0 Å². The monoisotopic (exact) mass is 291 g/mol. The van der Waals surface area contributed by atoms with Gasteiger partial charge in [-0.15, -0.1) is 0 Å². The third-order valence-electron chi connectivity index (χ3n) is 4.25. The van der Waals surface area contributed by atoms with Gasteiger partial charge in [0, 0.05) is 33.2 Å². The van der Waals surface area contributed by atoms with E-state index in [1.54, 1.807) is 14.5 Å². The third-order valence-corrected chi connectivity index (χ3v) is 4.25. The summed E-state index contributed by atoms with van der Waals surface area (Å²) in [5.41, 5.74) is 1.97. The van der Waals surface area contributed by atoms with Crippen LogP contribution in [0.15, 0.2) is 6.07 Å². The van der Waals surface area contributed by atoms with Crippen LogP contribution in [-0.4, -0.2) is 63.6 Å². The topological polar surface area (TPSA) is 70.5 Å². The van der Waals surface area contributed by atoms with Crippen molar-refractivity contribution in [3.05, 3.63) is 17.5 Å². The van der Waals surface area contributed by atoms with Gasteiger partial charge in [-0.05, 0) is 12.5 Å². The summed E-state index contributed by atoms with van der Waals surface area (Å²) in [5.74, 6) is -0.766. The Morgan fingerprint density at radius 1 is 1.38 bits per heavy atom. The van der Waals surface area contributed by atoms with Crippen LogP contribution < -0.4 is 5.32 Å². The molecule has 1 atom stereocenters. The third kappa shape index (κ3) is 2.53. The van der Waals surface area contributed by atoms with Gasteiger partial charge in [-0.25, -0.2) is 0 Å². The first kappa shape index (κ1) is 14.1. The number of nitrogens with one attached hydrogen (secondary N) is 1. The van der Waals surface area contributed by atoms with Crippen molar-refractivity contribution in [3.63, 3.8) is 0 Å². The highest BCUT2D eigenvalue weighted by Gasteiger charge is 2.40. The fraction of sp³-hybridized carbons (Fsp3) is 0.643. The molecule has 0 spiro atoms. The number of aromatic nitrogens is 2. The summed E-state index contributed by atoms with van der Waals surface area (Å²) in [6.07, 6.45) is 0.862. The number of piperazine rings is 2. The van der Waals surface area contributed by atoms with E-state index in [1.807, 2.05) is 20.0 Å². The van der Waals surface area contributed by atoms with Gasteiger partial charge in [0.05, 0.1) is 24.0 Å². The number of carbonyl (C=O) groups excluding carboxylic acids is 2. The fourth-order valence-corrected chi connectivity index (χ4v) is 3.01. The Bertz CT molecular complexity index is 568. The van der Waals surface area contributed by atoms with Crippen molar-refractivity contribution in [2.75, 3.05) is 26.2 Å². The Hall–Kier alpha value is -1.89. The first-order chi connectivity index (χ1) is 10.1. The molecule has 1 N–H and O–H groups in total. The van der Waals surface area contributed by atoms with Crippen LogP contribution in [0.25, 0.3) is 0 Å². The van der Waals surface area contributed by atoms with Gasteiger partial charge in [-0.1, -0.05) is 6.92 Å². The second kappa shape index (κ2) is 5.48. The number of nitrogens with zero attached hydrogens (tertiary/aromatic N) is 4. The molecule has 3 rings (SSSR count). The molecule has 0 saturated carbocycles. The molecule has 21 heavy (non-hydrogen) atoms. The molecule has 1 aromatic heterocycles. The number of carbonyl (C=O) groups is 2. The Kier molecular flexibility index (Phi) is 3.67. The van der Waals surface area contributed by atoms with Crippen LogP contribution in [0.3, 0.4) is 0 Å². The lowest BCUT2D eigenvalue weighted by atomic mass is 10.1. The molecule has 2 amide bonds. The van der Waals surface area contributed by atoms with E-state index < -0.39 is 5.91 Å². The van der Waals surface area contributed by atoms with Gasteiger partial charge in [-0.2, -0.15) is 5.10 Å². The smallest absolute Gasteiger partial charge is 0.312 e. The van der Waals surface area contributed by atoms with Crippen molar-refractivity contribution >= 4 is 11.8 Å². The zero-order chi connectivity index (χ0) is 15.0. The Balaban J connectivity index is 1.77. The second-order valence-corrected chi connectivity index (χ2v) is 5.65. The summed E-state index contributed by atoms with van der Waals surface area (Å²) in [5, 5.41) is 7.67. The van der Waals surface area contributed by atoms with Crippen LogP contribution in [0.5, 0.6) is 0 Å². The van der Waals surface area contributed by atoms with Gasteiger partial charge in [-0.3, -0.25) is 14.3 Å². The average Bonchev–Trinajstić information content (AvgIpc) is 2.85. The van der Waals surface area contributed by atoms with Crippen LogP contribution in [0.2, 0.25) is 0 Å². The minimum absolute atomic E-state index is 0.0859. The van der Waals surface area contributed by atoms with Crippen molar-refractivity contribution < 1.29 is 9.59 Å². The van der Waals surface area contributed by atoms with Crippen molar-refractivity contribution in [2.24, 2.45) is 7.05 Å². The molecule has 2 aliphatic rings. The minimum atomic E-state index is -0.396. The average molecular weight is 291 g/mol. The highest BCUT2D eigenvalue weighted by Crippen LogP contribution is 2.17. The lowest BCUT2D eigenvalue weighted by Crippen LogP contribution is -2.65. The maximum atomic E-state index is 12.3. The second-order valence-electron chi connectivity index (χ2n) is 5.65. The SMILES string of the molecule is CCc1cc(CN2CC3CNCCN3C(=O)C2=O)n(C)n1. The Morgan fingerprint density at radius 2 is 2.19 bits per heavy atom. The van der Waals surface area contributed by atoms with Crippen LogP contribution in [-0.2, 0) is 29.6 Å². The van der Waals surface area contributed by atoms with Crippen molar-refractivity contribution in [1.82, 2.24) is 24.9 Å². The van der Waals surface area contributed by atoms with E-state index >= 15 is 0 Å². The fourth-order valence-electron chi connectivity index (χ4n) is 3.01. The summed E-state index contributed by atoms with van der Waals surface area (Å²) in [7, 11) is 1.87. The van der Waals surface area contributed by atoms with E-state index in [0.29, 0.717) is 19.6 Å². The van der Waals surface area contributed by atoms with Gasteiger partial charge >= 0.3 is 11.8 Å². The lowest BCUT2D eigenvalue weighted by molar-refractivity contribution is -0.160. The Labute approximate surface area is 123 Å². The molecule has 0 aromatic carbocycles. The molecule has 0 radical (unpaired) electrons. The molecule has 3 heterocycles. The lowest BCUT2D eigenvalue weighted by Gasteiger charge is -2.43. The normalized spacial score (nSPS) is 22.7. The summed E-state index contributed by atoms with van der Waals surface area (Å²) >= 11 is 0. The van der Waals surface area contributed by atoms with Gasteiger partial charge in [0.15, 0.2) is 0 Å². The number of aryl methyl sites for hydroxylation is 2. The molecular weight excluding hydrogens is 270 g/mol. The van der Waals surface area contributed by atoms with Crippen molar-refractivity contribution in [3.8, 4) is 0 Å².